The molecule has 1 fully saturated rings. The zero-order valence-corrected chi connectivity index (χ0v) is 13.5. The molecule has 0 spiro atoms. The zero-order valence-electron chi connectivity index (χ0n) is 13.5. The van der Waals surface area contributed by atoms with Crippen molar-refractivity contribution in [3.05, 3.63) is 54.0 Å². The third-order valence-corrected chi connectivity index (χ3v) is 3.84. The van der Waals surface area contributed by atoms with E-state index in [0.717, 1.165) is 18.3 Å². The predicted molar refractivity (Wildman–Crippen MR) is 85.3 cm³/mol. The van der Waals surface area contributed by atoms with Crippen molar-refractivity contribution in [1.29, 1.82) is 0 Å². The fourth-order valence-corrected chi connectivity index (χ4v) is 2.50. The molecule has 1 amide bonds. The van der Waals surface area contributed by atoms with Crippen LogP contribution < -0.4 is 15.0 Å². The molecule has 2 heterocycles. The molecule has 0 unspecified atom stereocenters. The summed E-state index contributed by atoms with van der Waals surface area (Å²) >= 11 is 0. The van der Waals surface area contributed by atoms with E-state index in [2.05, 4.69) is 10.3 Å². The van der Waals surface area contributed by atoms with Crippen LogP contribution in [0.3, 0.4) is 0 Å². The van der Waals surface area contributed by atoms with Gasteiger partial charge in [0.15, 0.2) is 18.2 Å². The average Bonchev–Trinajstić information content (AvgIpc) is 2.56. The Hall–Kier alpha value is -2.84. The van der Waals surface area contributed by atoms with Crippen LogP contribution in [0.25, 0.3) is 0 Å². The summed E-state index contributed by atoms with van der Waals surface area (Å²) in [5.74, 6) is -0.820. The Labute approximate surface area is 146 Å². The Balaban J connectivity index is 1.47. The molecule has 5 nitrogen and oxygen atoms in total. The van der Waals surface area contributed by atoms with E-state index >= 15 is 0 Å². The number of para-hydroxylation sites is 1. The lowest BCUT2D eigenvalue weighted by atomic mass is 10.1. The van der Waals surface area contributed by atoms with Gasteiger partial charge in [-0.25, -0.2) is 9.37 Å². The quantitative estimate of drug-likeness (QED) is 0.824. The topological polar surface area (TPSA) is 54.5 Å². The van der Waals surface area contributed by atoms with E-state index in [0.29, 0.717) is 13.1 Å². The second-order valence-corrected chi connectivity index (χ2v) is 5.79. The third-order valence-electron chi connectivity index (χ3n) is 3.84. The van der Waals surface area contributed by atoms with Gasteiger partial charge in [0.2, 0.25) is 0 Å². The number of anilines is 1. The van der Waals surface area contributed by atoms with Crippen LogP contribution in [0.2, 0.25) is 0 Å². The number of carbonyl (C=O) groups is 1. The molecule has 1 N–H and O–H groups in total. The van der Waals surface area contributed by atoms with Crippen molar-refractivity contribution in [2.45, 2.75) is 12.2 Å². The lowest BCUT2D eigenvalue weighted by Crippen LogP contribution is -2.60. The molecule has 1 aliphatic heterocycles. The molecule has 9 heteroatoms. The van der Waals surface area contributed by atoms with Gasteiger partial charge in [-0.1, -0.05) is 12.1 Å². The molecule has 0 saturated carbocycles. The SMILES string of the molecule is O=C(COc1ccccc1F)NC1CN(c2cc(C(F)(F)F)ccn2)C1. The van der Waals surface area contributed by atoms with Gasteiger partial charge in [-0.05, 0) is 24.3 Å². The summed E-state index contributed by atoms with van der Waals surface area (Å²) in [6.45, 7) is 0.318. The van der Waals surface area contributed by atoms with Gasteiger partial charge in [0.25, 0.3) is 5.91 Å². The standard InChI is InChI=1S/C17H15F4N3O2/c18-13-3-1-2-4-14(13)26-10-16(25)23-12-8-24(9-12)15-7-11(5-6-22-15)17(19,20)21/h1-7,12H,8-10H2,(H,23,25). The summed E-state index contributed by atoms with van der Waals surface area (Å²) in [6.07, 6.45) is -3.33. The van der Waals surface area contributed by atoms with Gasteiger partial charge in [-0.2, -0.15) is 13.2 Å². The Kier molecular flexibility index (Phi) is 4.97. The minimum absolute atomic E-state index is 0.0222. The molecule has 0 aliphatic carbocycles. The first-order chi connectivity index (χ1) is 12.3. The summed E-state index contributed by atoms with van der Waals surface area (Å²) in [7, 11) is 0. The molecule has 0 atom stereocenters. The van der Waals surface area contributed by atoms with Crippen molar-refractivity contribution >= 4 is 11.7 Å². The first kappa shape index (κ1) is 18.0. The van der Waals surface area contributed by atoms with Crippen molar-refractivity contribution in [2.75, 3.05) is 24.6 Å². The number of halogens is 4. The maximum absolute atomic E-state index is 13.4. The molecule has 1 saturated heterocycles. The number of amides is 1. The lowest BCUT2D eigenvalue weighted by molar-refractivity contribution is -0.137. The fourth-order valence-electron chi connectivity index (χ4n) is 2.50. The number of hydrogen-bond acceptors (Lipinski definition) is 4. The first-order valence-electron chi connectivity index (χ1n) is 7.78. The summed E-state index contributed by atoms with van der Waals surface area (Å²) in [5, 5.41) is 2.67. The molecule has 1 aromatic carbocycles. The highest BCUT2D eigenvalue weighted by atomic mass is 19.4. The fraction of sp³-hybridized carbons (Fsp3) is 0.294. The number of hydrogen-bond donors (Lipinski definition) is 1. The Morgan fingerprint density at radius 1 is 1.27 bits per heavy atom. The lowest BCUT2D eigenvalue weighted by Gasteiger charge is -2.40. The van der Waals surface area contributed by atoms with Gasteiger partial charge in [-0.3, -0.25) is 4.79 Å². The van der Waals surface area contributed by atoms with Crippen LogP contribution in [-0.4, -0.2) is 36.6 Å². The highest BCUT2D eigenvalue weighted by Crippen LogP contribution is 2.31. The minimum atomic E-state index is -4.43. The van der Waals surface area contributed by atoms with Gasteiger partial charge in [0.1, 0.15) is 5.82 Å². The van der Waals surface area contributed by atoms with Crippen LogP contribution in [0.5, 0.6) is 5.75 Å². The number of ether oxygens (including phenoxy) is 1. The second-order valence-electron chi connectivity index (χ2n) is 5.79. The number of nitrogens with one attached hydrogen (secondary N) is 1. The third kappa shape index (κ3) is 4.22. The van der Waals surface area contributed by atoms with Gasteiger partial charge in [-0.15, -0.1) is 0 Å². The van der Waals surface area contributed by atoms with Crippen molar-refractivity contribution < 1.29 is 27.1 Å². The van der Waals surface area contributed by atoms with E-state index in [1.165, 1.54) is 18.2 Å². The number of benzene rings is 1. The van der Waals surface area contributed by atoms with E-state index in [1.54, 1.807) is 11.0 Å². The number of alkyl halides is 3. The number of pyridine rings is 1. The van der Waals surface area contributed by atoms with Crippen molar-refractivity contribution in [3.63, 3.8) is 0 Å². The average molecular weight is 369 g/mol. The number of aromatic nitrogens is 1. The van der Waals surface area contributed by atoms with Crippen LogP contribution in [-0.2, 0) is 11.0 Å². The van der Waals surface area contributed by atoms with Crippen LogP contribution in [0, 0.1) is 5.82 Å². The normalized spacial score (nSPS) is 14.7. The highest BCUT2D eigenvalue weighted by Gasteiger charge is 2.33. The first-order valence-corrected chi connectivity index (χ1v) is 7.78. The predicted octanol–water partition coefficient (Wildman–Crippen LogP) is 2.62. The second kappa shape index (κ2) is 7.19. The van der Waals surface area contributed by atoms with Crippen molar-refractivity contribution in [1.82, 2.24) is 10.3 Å². The molecule has 26 heavy (non-hydrogen) atoms. The van der Waals surface area contributed by atoms with Gasteiger partial charge < -0.3 is 15.0 Å². The number of carbonyl (C=O) groups excluding carboxylic acids is 1. The van der Waals surface area contributed by atoms with Crippen molar-refractivity contribution in [3.8, 4) is 5.75 Å². The van der Waals surface area contributed by atoms with E-state index in [1.807, 2.05) is 0 Å². The molecule has 0 bridgehead atoms. The van der Waals surface area contributed by atoms with E-state index < -0.39 is 23.5 Å². The monoisotopic (exact) mass is 369 g/mol. The Morgan fingerprint density at radius 2 is 2.00 bits per heavy atom. The highest BCUT2D eigenvalue weighted by molar-refractivity contribution is 5.78. The molecular weight excluding hydrogens is 354 g/mol. The van der Waals surface area contributed by atoms with E-state index in [-0.39, 0.29) is 24.2 Å². The van der Waals surface area contributed by atoms with Crippen LogP contribution >= 0.6 is 0 Å². The largest absolute Gasteiger partial charge is 0.481 e. The Bertz CT molecular complexity index is 792. The minimum Gasteiger partial charge on any atom is -0.481 e. The molecule has 0 radical (unpaired) electrons. The summed E-state index contributed by atoms with van der Waals surface area (Å²) in [5.41, 5.74) is -0.770. The zero-order chi connectivity index (χ0) is 18.7. The maximum Gasteiger partial charge on any atom is 0.416 e. The smallest absolute Gasteiger partial charge is 0.416 e. The van der Waals surface area contributed by atoms with Gasteiger partial charge in [0, 0.05) is 19.3 Å². The molecular formula is C17H15F4N3O2. The maximum atomic E-state index is 13.4. The summed E-state index contributed by atoms with van der Waals surface area (Å²) in [4.78, 5) is 17.4. The van der Waals surface area contributed by atoms with Crippen LogP contribution in [0.15, 0.2) is 42.6 Å². The number of nitrogens with zero attached hydrogens (tertiary/aromatic N) is 2. The molecule has 2 aromatic rings. The van der Waals surface area contributed by atoms with E-state index in [4.69, 9.17) is 4.74 Å². The van der Waals surface area contributed by atoms with E-state index in [9.17, 15) is 22.4 Å². The summed E-state index contributed by atoms with van der Waals surface area (Å²) in [6, 6.07) is 7.37. The number of rotatable bonds is 5. The van der Waals surface area contributed by atoms with Gasteiger partial charge >= 0.3 is 6.18 Å². The van der Waals surface area contributed by atoms with Gasteiger partial charge in [0.05, 0.1) is 11.6 Å². The molecule has 1 aliphatic rings. The van der Waals surface area contributed by atoms with Crippen LogP contribution in [0.4, 0.5) is 23.4 Å². The molecule has 1 aromatic heterocycles. The summed E-state index contributed by atoms with van der Waals surface area (Å²) < 4.78 is 56.6. The Morgan fingerprint density at radius 3 is 2.69 bits per heavy atom. The molecule has 3 rings (SSSR count). The molecule has 138 valence electrons. The van der Waals surface area contributed by atoms with Crippen molar-refractivity contribution in [2.24, 2.45) is 0 Å². The van der Waals surface area contributed by atoms with Crippen LogP contribution in [0.1, 0.15) is 5.56 Å².